The molecule has 2 aromatic carbocycles. The second-order valence-corrected chi connectivity index (χ2v) is 8.52. The van der Waals surface area contributed by atoms with Gasteiger partial charge in [-0.05, 0) is 49.2 Å². The van der Waals surface area contributed by atoms with E-state index in [0.29, 0.717) is 33.2 Å². The molecule has 0 bridgehead atoms. The highest BCUT2D eigenvalue weighted by atomic mass is 35.5. The smallest absolute Gasteiger partial charge is 0.338 e. The molecule has 0 saturated heterocycles. The molecule has 0 radical (unpaired) electrons. The van der Waals surface area contributed by atoms with Gasteiger partial charge >= 0.3 is 5.97 Å². The molecule has 9 heteroatoms. The number of anilines is 1. The summed E-state index contributed by atoms with van der Waals surface area (Å²) in [4.78, 5) is 17.5. The molecule has 32 heavy (non-hydrogen) atoms. The summed E-state index contributed by atoms with van der Waals surface area (Å²) >= 11 is 7.49. The van der Waals surface area contributed by atoms with Crippen LogP contribution in [-0.4, -0.2) is 34.5 Å². The molecule has 2 heterocycles. The number of thioether (sulfide) groups is 1. The van der Waals surface area contributed by atoms with Gasteiger partial charge in [-0.15, -0.1) is 5.10 Å². The highest BCUT2D eigenvalue weighted by Crippen LogP contribution is 2.37. The molecule has 0 aliphatic carbocycles. The van der Waals surface area contributed by atoms with Gasteiger partial charge < -0.3 is 14.8 Å². The average molecular weight is 471 g/mol. The standard InChI is InChI=1S/C23H23ClN4O3S/c1-4-31-21(29)19-14(2)25-22-26-23(32-13-15-5-9-17(24)10-6-15)27-28(22)20(19)16-7-11-18(30-3)12-8-16/h5-12,20H,4,13H2,1-3H3,(H,25,26,27)/t20-/m1/s1. The van der Waals surface area contributed by atoms with Gasteiger partial charge in [-0.25, -0.2) is 9.48 Å². The fraction of sp³-hybridized carbons (Fsp3) is 0.261. The Kier molecular flexibility index (Phi) is 6.72. The van der Waals surface area contributed by atoms with E-state index >= 15 is 0 Å². The number of ether oxygens (including phenoxy) is 2. The van der Waals surface area contributed by atoms with E-state index in [0.717, 1.165) is 16.9 Å². The second-order valence-electron chi connectivity index (χ2n) is 7.14. The van der Waals surface area contributed by atoms with Gasteiger partial charge in [0.2, 0.25) is 11.1 Å². The molecule has 1 aliphatic rings. The first-order valence-corrected chi connectivity index (χ1v) is 11.5. The molecule has 0 saturated carbocycles. The van der Waals surface area contributed by atoms with E-state index in [1.165, 1.54) is 11.8 Å². The molecule has 0 amide bonds. The van der Waals surface area contributed by atoms with Gasteiger partial charge in [-0.3, -0.25) is 0 Å². The number of hydrogen-bond acceptors (Lipinski definition) is 7. The summed E-state index contributed by atoms with van der Waals surface area (Å²) in [6.07, 6.45) is 0. The Labute approximate surface area is 195 Å². The van der Waals surface area contributed by atoms with Crippen molar-refractivity contribution >= 4 is 35.3 Å². The first-order chi connectivity index (χ1) is 15.5. The first kappa shape index (κ1) is 22.2. The lowest BCUT2D eigenvalue weighted by atomic mass is 9.96. The summed E-state index contributed by atoms with van der Waals surface area (Å²) < 4.78 is 12.4. The van der Waals surface area contributed by atoms with E-state index in [1.54, 1.807) is 18.7 Å². The van der Waals surface area contributed by atoms with Crippen molar-refractivity contribution in [3.05, 3.63) is 76.0 Å². The number of nitrogens with one attached hydrogen (secondary N) is 1. The quantitative estimate of drug-likeness (QED) is 0.381. The molecule has 7 nitrogen and oxygen atoms in total. The van der Waals surface area contributed by atoms with Crippen molar-refractivity contribution in [1.82, 2.24) is 14.8 Å². The molecule has 4 rings (SSSR count). The minimum Gasteiger partial charge on any atom is -0.497 e. The Morgan fingerprint density at radius 2 is 1.91 bits per heavy atom. The molecule has 1 aromatic heterocycles. The number of allylic oxidation sites excluding steroid dienone is 1. The fourth-order valence-electron chi connectivity index (χ4n) is 3.49. The Balaban J connectivity index is 1.68. The maximum atomic E-state index is 12.8. The number of benzene rings is 2. The third-order valence-corrected chi connectivity index (χ3v) is 6.20. The highest BCUT2D eigenvalue weighted by Gasteiger charge is 2.35. The van der Waals surface area contributed by atoms with Crippen molar-refractivity contribution in [2.75, 3.05) is 19.0 Å². The second kappa shape index (κ2) is 9.67. The summed E-state index contributed by atoms with van der Waals surface area (Å²) in [6, 6.07) is 14.8. The highest BCUT2D eigenvalue weighted by molar-refractivity contribution is 7.98. The van der Waals surface area contributed by atoms with Crippen LogP contribution in [0.2, 0.25) is 5.02 Å². The third-order valence-electron chi connectivity index (χ3n) is 5.04. The van der Waals surface area contributed by atoms with E-state index in [9.17, 15) is 4.79 Å². The summed E-state index contributed by atoms with van der Waals surface area (Å²) in [6.45, 7) is 3.93. The van der Waals surface area contributed by atoms with Crippen LogP contribution in [0.25, 0.3) is 0 Å². The van der Waals surface area contributed by atoms with Gasteiger partial charge in [0.1, 0.15) is 11.8 Å². The van der Waals surface area contributed by atoms with Crippen LogP contribution in [0.5, 0.6) is 5.75 Å². The lowest BCUT2D eigenvalue weighted by molar-refractivity contribution is -0.139. The van der Waals surface area contributed by atoms with Crippen LogP contribution in [0.1, 0.15) is 31.0 Å². The monoisotopic (exact) mass is 470 g/mol. The molecular formula is C23H23ClN4O3S. The number of carbonyl (C=O) groups excluding carboxylic acids is 1. The molecule has 0 unspecified atom stereocenters. The Bertz CT molecular complexity index is 1140. The molecule has 0 spiro atoms. The number of aromatic nitrogens is 3. The van der Waals surface area contributed by atoms with Crippen molar-refractivity contribution in [3.8, 4) is 5.75 Å². The Hall–Kier alpha value is -2.97. The Morgan fingerprint density at radius 3 is 2.56 bits per heavy atom. The maximum absolute atomic E-state index is 12.8. The normalized spacial score (nSPS) is 15.2. The van der Waals surface area contributed by atoms with E-state index in [4.69, 9.17) is 26.2 Å². The van der Waals surface area contributed by atoms with Crippen LogP contribution in [0.3, 0.4) is 0 Å². The number of esters is 1. The maximum Gasteiger partial charge on any atom is 0.338 e. The number of nitrogens with zero attached hydrogens (tertiary/aromatic N) is 3. The van der Waals surface area contributed by atoms with Gasteiger partial charge in [0.05, 0.1) is 19.3 Å². The van der Waals surface area contributed by atoms with E-state index in [2.05, 4.69) is 10.3 Å². The van der Waals surface area contributed by atoms with E-state index in [1.807, 2.05) is 55.5 Å². The van der Waals surface area contributed by atoms with Crippen molar-refractivity contribution in [3.63, 3.8) is 0 Å². The summed E-state index contributed by atoms with van der Waals surface area (Å²) in [5, 5.41) is 9.24. The lowest BCUT2D eigenvalue weighted by Crippen LogP contribution is -2.29. The van der Waals surface area contributed by atoms with Crippen molar-refractivity contribution in [2.45, 2.75) is 30.8 Å². The van der Waals surface area contributed by atoms with Crippen LogP contribution in [0, 0.1) is 0 Å². The Morgan fingerprint density at radius 1 is 1.19 bits per heavy atom. The predicted octanol–water partition coefficient (Wildman–Crippen LogP) is 5.08. The van der Waals surface area contributed by atoms with Gasteiger partial charge in [0.15, 0.2) is 0 Å². The van der Waals surface area contributed by atoms with Gasteiger partial charge in [0.25, 0.3) is 0 Å². The number of halogens is 1. The number of rotatable bonds is 7. The van der Waals surface area contributed by atoms with E-state index in [-0.39, 0.29) is 12.6 Å². The summed E-state index contributed by atoms with van der Waals surface area (Å²) in [5.41, 5.74) is 3.20. The number of carbonyl (C=O) groups is 1. The molecule has 0 fully saturated rings. The zero-order chi connectivity index (χ0) is 22.7. The number of hydrogen-bond donors (Lipinski definition) is 1. The van der Waals surface area contributed by atoms with Crippen LogP contribution >= 0.6 is 23.4 Å². The van der Waals surface area contributed by atoms with Crippen LogP contribution in [0.4, 0.5) is 5.95 Å². The number of methoxy groups -OCH3 is 1. The van der Waals surface area contributed by atoms with Crippen molar-refractivity contribution in [2.24, 2.45) is 0 Å². The van der Waals surface area contributed by atoms with Gasteiger partial charge in [-0.1, -0.05) is 47.6 Å². The molecule has 1 N–H and O–H groups in total. The van der Waals surface area contributed by atoms with Crippen molar-refractivity contribution < 1.29 is 14.3 Å². The minimum absolute atomic E-state index is 0.289. The molecule has 3 aromatic rings. The largest absolute Gasteiger partial charge is 0.497 e. The molecule has 1 atom stereocenters. The fourth-order valence-corrected chi connectivity index (χ4v) is 4.40. The van der Waals surface area contributed by atoms with Crippen molar-refractivity contribution in [1.29, 1.82) is 0 Å². The predicted molar refractivity (Wildman–Crippen MR) is 125 cm³/mol. The first-order valence-electron chi connectivity index (χ1n) is 10.1. The van der Waals surface area contributed by atoms with Crippen LogP contribution in [-0.2, 0) is 15.3 Å². The van der Waals surface area contributed by atoms with Gasteiger partial charge in [0, 0.05) is 16.5 Å². The van der Waals surface area contributed by atoms with Crippen LogP contribution < -0.4 is 10.1 Å². The SMILES string of the molecule is CCOC(=O)C1=C(C)Nc2nc(SCc3ccc(Cl)cc3)nn2[C@@H]1c1ccc(OC)cc1. The molecule has 1 aliphatic heterocycles. The average Bonchev–Trinajstić information content (AvgIpc) is 3.20. The zero-order valence-electron chi connectivity index (χ0n) is 18.0. The topological polar surface area (TPSA) is 78.3 Å². The number of fused-ring (bicyclic) bond motifs is 1. The molecule has 166 valence electrons. The van der Waals surface area contributed by atoms with E-state index < -0.39 is 6.04 Å². The third kappa shape index (κ3) is 4.61. The van der Waals surface area contributed by atoms with Gasteiger partial charge in [-0.2, -0.15) is 4.98 Å². The summed E-state index contributed by atoms with van der Waals surface area (Å²) in [7, 11) is 1.62. The lowest BCUT2D eigenvalue weighted by Gasteiger charge is -2.28. The minimum atomic E-state index is -0.464. The summed E-state index contributed by atoms with van der Waals surface area (Å²) in [5.74, 6) is 1.63. The zero-order valence-corrected chi connectivity index (χ0v) is 19.5. The molecular weight excluding hydrogens is 448 g/mol. The van der Waals surface area contributed by atoms with Crippen LogP contribution in [0.15, 0.2) is 65.0 Å².